The Balaban J connectivity index is 2.76. The van der Waals surface area contributed by atoms with Crippen LogP contribution in [-0.2, 0) is 25.6 Å². The molecule has 0 heterocycles. The predicted molar refractivity (Wildman–Crippen MR) is 134 cm³/mol. The van der Waals surface area contributed by atoms with Gasteiger partial charge in [0.25, 0.3) is 0 Å². The van der Waals surface area contributed by atoms with Gasteiger partial charge in [0.15, 0.2) is 0 Å². The van der Waals surface area contributed by atoms with Gasteiger partial charge < -0.3 is 24.8 Å². The van der Waals surface area contributed by atoms with Crippen LogP contribution in [0.25, 0.3) is 0 Å². The van der Waals surface area contributed by atoms with E-state index in [2.05, 4.69) is 20.9 Å². The molecular formula is C25H37F3N4O6. The molecule has 3 N–H and O–H groups in total. The number of aliphatic imine (C=N–C) groups is 1. The number of alkyl carbamates (subject to hydrolysis) is 2. The Labute approximate surface area is 220 Å². The third-order valence-electron chi connectivity index (χ3n) is 4.19. The predicted octanol–water partition coefficient (Wildman–Crippen LogP) is 4.44. The smallest absolute Gasteiger partial charge is 0.414 e. The minimum Gasteiger partial charge on any atom is -0.458 e. The lowest BCUT2D eigenvalue weighted by Gasteiger charge is -2.26. The summed E-state index contributed by atoms with van der Waals surface area (Å²) in [4.78, 5) is 40.3. The van der Waals surface area contributed by atoms with Crippen LogP contribution in [0.15, 0.2) is 35.3 Å². The number of halogens is 3. The number of hydrogen-bond donors (Lipinski definition) is 3. The van der Waals surface area contributed by atoms with Crippen molar-refractivity contribution in [2.75, 3.05) is 13.1 Å². The fourth-order valence-electron chi connectivity index (χ4n) is 2.75. The first kappa shape index (κ1) is 32.5. The maximum absolute atomic E-state index is 12.7. The number of carbonyl (C=O) groups is 3. The number of rotatable bonds is 9. The van der Waals surface area contributed by atoms with Crippen LogP contribution in [0, 0.1) is 0 Å². The summed E-state index contributed by atoms with van der Waals surface area (Å²) in [5.41, 5.74) is -0.922. The number of amides is 2. The summed E-state index contributed by atoms with van der Waals surface area (Å²) in [6.07, 6.45) is -6.17. The number of carbonyl (C=O) groups excluding carboxylic acids is 3. The first-order valence-electron chi connectivity index (χ1n) is 12.0. The average molecular weight is 547 g/mol. The van der Waals surface area contributed by atoms with Gasteiger partial charge in [0.2, 0.25) is 5.96 Å². The highest BCUT2D eigenvalue weighted by atomic mass is 19.4. The maximum Gasteiger partial charge on any atom is 0.414 e. The van der Waals surface area contributed by atoms with Gasteiger partial charge in [0.05, 0.1) is 0 Å². The first-order valence-corrected chi connectivity index (χ1v) is 12.0. The zero-order chi connectivity index (χ0) is 29.0. The van der Waals surface area contributed by atoms with Crippen LogP contribution in [0.1, 0.15) is 59.9 Å². The van der Waals surface area contributed by atoms with Gasteiger partial charge in [-0.2, -0.15) is 13.2 Å². The molecule has 0 aromatic heterocycles. The van der Waals surface area contributed by atoms with E-state index in [1.807, 2.05) is 0 Å². The van der Waals surface area contributed by atoms with E-state index >= 15 is 0 Å². The van der Waals surface area contributed by atoms with Crippen molar-refractivity contribution in [3.63, 3.8) is 0 Å². The second-order valence-corrected chi connectivity index (χ2v) is 10.3. The quantitative estimate of drug-likeness (QED) is 0.137. The lowest BCUT2D eigenvalue weighted by atomic mass is 10.1. The van der Waals surface area contributed by atoms with Crippen LogP contribution in [0.3, 0.4) is 0 Å². The third-order valence-corrected chi connectivity index (χ3v) is 4.19. The van der Waals surface area contributed by atoms with E-state index in [-0.39, 0.29) is 26.0 Å². The van der Waals surface area contributed by atoms with Crippen molar-refractivity contribution in [1.29, 1.82) is 0 Å². The molecule has 0 saturated heterocycles. The Kier molecular flexibility index (Phi) is 12.4. The summed E-state index contributed by atoms with van der Waals surface area (Å²) in [5, 5.41) is 7.22. The molecule has 1 atom stereocenters. The minimum absolute atomic E-state index is 0.00491. The number of nitrogens with zero attached hydrogens (tertiary/aromatic N) is 1. The molecule has 0 aliphatic carbocycles. The SMILES string of the molecule is CC(C)(C)OC(=O)N[C@@H](CCCNC(=NCC(F)(F)F)NC(=O)OCc1ccccc1)C(=O)OC(C)(C)C. The summed E-state index contributed by atoms with van der Waals surface area (Å²) in [5.74, 6) is -1.15. The summed E-state index contributed by atoms with van der Waals surface area (Å²) in [7, 11) is 0. The van der Waals surface area contributed by atoms with Gasteiger partial charge in [-0.3, -0.25) is 5.32 Å². The van der Waals surface area contributed by atoms with Crippen molar-refractivity contribution >= 4 is 24.1 Å². The summed E-state index contributed by atoms with van der Waals surface area (Å²) >= 11 is 0. The molecule has 1 rings (SSSR count). The van der Waals surface area contributed by atoms with E-state index in [9.17, 15) is 27.6 Å². The van der Waals surface area contributed by atoms with Crippen LogP contribution in [-0.4, -0.2) is 60.6 Å². The normalized spacial score (nSPS) is 13.2. The lowest BCUT2D eigenvalue weighted by molar-refractivity contribution is -0.157. The molecular weight excluding hydrogens is 509 g/mol. The van der Waals surface area contributed by atoms with Crippen LogP contribution in [0.5, 0.6) is 0 Å². The molecule has 1 aromatic carbocycles. The molecule has 38 heavy (non-hydrogen) atoms. The minimum atomic E-state index is -4.60. The lowest BCUT2D eigenvalue weighted by Crippen LogP contribution is -2.46. The number of guanidine groups is 1. The highest BCUT2D eigenvalue weighted by Gasteiger charge is 2.29. The van der Waals surface area contributed by atoms with Crippen LogP contribution in [0.4, 0.5) is 22.8 Å². The average Bonchev–Trinajstić information content (AvgIpc) is 2.75. The molecule has 0 fully saturated rings. The van der Waals surface area contributed by atoms with E-state index in [0.717, 1.165) is 0 Å². The number of benzene rings is 1. The highest BCUT2D eigenvalue weighted by molar-refractivity contribution is 5.93. The molecule has 214 valence electrons. The zero-order valence-electron chi connectivity index (χ0n) is 22.5. The van der Waals surface area contributed by atoms with E-state index < -0.39 is 54.1 Å². The zero-order valence-corrected chi connectivity index (χ0v) is 22.5. The van der Waals surface area contributed by atoms with Gasteiger partial charge in [-0.1, -0.05) is 30.3 Å². The number of ether oxygens (including phenoxy) is 3. The fraction of sp³-hybridized carbons (Fsp3) is 0.600. The van der Waals surface area contributed by atoms with Crippen molar-refractivity contribution in [2.45, 2.75) is 84.4 Å². The number of alkyl halides is 3. The largest absolute Gasteiger partial charge is 0.458 e. The molecule has 0 radical (unpaired) electrons. The number of esters is 1. The van der Waals surface area contributed by atoms with Crippen molar-refractivity contribution < 1.29 is 41.8 Å². The molecule has 0 bridgehead atoms. The molecule has 0 unspecified atom stereocenters. The van der Waals surface area contributed by atoms with Crippen LogP contribution in [0.2, 0.25) is 0 Å². The van der Waals surface area contributed by atoms with Gasteiger partial charge in [-0.15, -0.1) is 0 Å². The molecule has 0 aliphatic rings. The Morgan fingerprint density at radius 1 is 0.921 bits per heavy atom. The molecule has 0 aliphatic heterocycles. The van der Waals surface area contributed by atoms with Gasteiger partial charge in [-0.05, 0) is 59.9 Å². The second-order valence-electron chi connectivity index (χ2n) is 10.3. The number of hydrogen-bond acceptors (Lipinski definition) is 7. The Morgan fingerprint density at radius 2 is 1.53 bits per heavy atom. The number of nitrogens with one attached hydrogen (secondary N) is 3. The van der Waals surface area contributed by atoms with Gasteiger partial charge in [0.1, 0.15) is 30.4 Å². The van der Waals surface area contributed by atoms with Crippen molar-refractivity contribution in [1.82, 2.24) is 16.0 Å². The Bertz CT molecular complexity index is 941. The standard InChI is InChI=1S/C25H37F3N4O6/c1-23(2,3)37-19(33)18(31-22(35)38-24(4,5)6)13-10-14-29-20(30-16-25(26,27)28)32-21(34)36-15-17-11-8-7-9-12-17/h7-9,11-12,18H,10,13-16H2,1-6H3,(H,31,35)(H2,29,30,32,34)/t18-/m0/s1. The maximum atomic E-state index is 12.7. The van der Waals surface area contributed by atoms with Gasteiger partial charge in [-0.25, -0.2) is 19.4 Å². The molecule has 1 aromatic rings. The van der Waals surface area contributed by atoms with Crippen LogP contribution >= 0.6 is 0 Å². The van der Waals surface area contributed by atoms with Gasteiger partial charge in [0, 0.05) is 6.54 Å². The second kappa shape index (κ2) is 14.4. The summed E-state index contributed by atoms with van der Waals surface area (Å²) in [6, 6.07) is 7.64. The summed E-state index contributed by atoms with van der Waals surface area (Å²) in [6.45, 7) is 8.39. The summed E-state index contributed by atoms with van der Waals surface area (Å²) < 4.78 is 53.7. The Morgan fingerprint density at radius 3 is 2.08 bits per heavy atom. The monoisotopic (exact) mass is 546 g/mol. The highest BCUT2D eigenvalue weighted by Crippen LogP contribution is 2.15. The molecule has 10 nitrogen and oxygen atoms in total. The molecule has 0 spiro atoms. The molecule has 2 amide bonds. The topological polar surface area (TPSA) is 127 Å². The van der Waals surface area contributed by atoms with E-state index in [1.54, 1.807) is 71.9 Å². The Hall–Kier alpha value is -3.51. The third kappa shape index (κ3) is 16.3. The van der Waals surface area contributed by atoms with E-state index in [0.29, 0.717) is 5.56 Å². The van der Waals surface area contributed by atoms with Crippen molar-refractivity contribution in [3.8, 4) is 0 Å². The van der Waals surface area contributed by atoms with Crippen LogP contribution < -0.4 is 16.0 Å². The first-order chi connectivity index (χ1) is 17.4. The van der Waals surface area contributed by atoms with E-state index in [1.165, 1.54) is 0 Å². The molecule has 0 saturated carbocycles. The fourth-order valence-corrected chi connectivity index (χ4v) is 2.75. The van der Waals surface area contributed by atoms with E-state index in [4.69, 9.17) is 14.2 Å². The van der Waals surface area contributed by atoms with Crippen molar-refractivity contribution in [2.24, 2.45) is 4.99 Å². The molecule has 13 heteroatoms. The van der Waals surface area contributed by atoms with Crippen molar-refractivity contribution in [3.05, 3.63) is 35.9 Å². The van der Waals surface area contributed by atoms with Gasteiger partial charge >= 0.3 is 24.3 Å².